The van der Waals surface area contributed by atoms with Gasteiger partial charge in [0.15, 0.2) is 5.78 Å². The number of aryl methyl sites for hydroxylation is 2. The van der Waals surface area contributed by atoms with Gasteiger partial charge in [0.2, 0.25) is 11.8 Å². The van der Waals surface area contributed by atoms with Gasteiger partial charge >= 0.3 is 0 Å². The third kappa shape index (κ3) is 5.53. The molecule has 3 atom stereocenters. The molecule has 1 fully saturated rings. The molecule has 1 aliphatic heterocycles. The van der Waals surface area contributed by atoms with Crippen LogP contribution in [0.5, 0.6) is 0 Å². The number of ketones is 1. The van der Waals surface area contributed by atoms with Crippen LogP contribution in [0.3, 0.4) is 0 Å². The maximum atomic E-state index is 13.8. The van der Waals surface area contributed by atoms with Crippen LogP contribution < -0.4 is 5.32 Å². The first-order valence-electron chi connectivity index (χ1n) is 12.9. The van der Waals surface area contributed by atoms with Crippen molar-refractivity contribution in [3.63, 3.8) is 0 Å². The quantitative estimate of drug-likeness (QED) is 0.0901. The monoisotopic (exact) mass is 714 g/mol. The fourth-order valence-corrected chi connectivity index (χ4v) is 6.27. The number of nitrogens with zero attached hydrogens (tertiary/aromatic N) is 5. The first kappa shape index (κ1) is 28.3. The molecule has 4 aromatic rings. The summed E-state index contributed by atoms with van der Waals surface area (Å²) in [6, 6.07) is 12.6. The second-order valence-electron chi connectivity index (χ2n) is 10.2. The number of aromatic nitrogens is 4. The lowest BCUT2D eigenvalue weighted by Crippen LogP contribution is -2.47. The predicted octanol–water partition coefficient (Wildman–Crippen LogP) is 5.71. The molecule has 206 valence electrons. The highest BCUT2D eigenvalue weighted by Crippen LogP contribution is 2.35. The van der Waals surface area contributed by atoms with Gasteiger partial charge in [-0.2, -0.15) is 5.10 Å². The molecule has 5 rings (SSSR count). The molecule has 0 aliphatic carbocycles. The number of nitrogens with one attached hydrogen (secondary N) is 1. The number of pyridine rings is 2. The van der Waals surface area contributed by atoms with Gasteiger partial charge in [-0.1, -0.05) is 47.7 Å². The number of carbonyl (C=O) groups excluding carboxylic acids is 3. The first-order chi connectivity index (χ1) is 19.0. The number of likely N-dealkylation sites (tertiary alicyclic amines) is 1. The Bertz CT molecular complexity index is 1640. The number of hydrogen-bond donors (Lipinski definition) is 1. The molecule has 0 spiro atoms. The second kappa shape index (κ2) is 11.4. The summed E-state index contributed by atoms with van der Waals surface area (Å²) >= 11 is 5.58. The molecule has 0 unspecified atom stereocenters. The summed E-state index contributed by atoms with van der Waals surface area (Å²) in [5, 5.41) is 8.10. The van der Waals surface area contributed by atoms with Gasteiger partial charge in [0.25, 0.3) is 0 Å². The number of alkyl halides is 1. The number of anilines is 1. The molecular weight excluding hydrogens is 687 g/mol. The van der Waals surface area contributed by atoms with Crippen molar-refractivity contribution in [2.24, 2.45) is 5.92 Å². The number of halogens is 2. The Labute approximate surface area is 254 Å². The van der Waals surface area contributed by atoms with Gasteiger partial charge in [-0.05, 0) is 77.5 Å². The van der Waals surface area contributed by atoms with E-state index in [-0.39, 0.29) is 34.1 Å². The highest BCUT2D eigenvalue weighted by Gasteiger charge is 2.44. The van der Waals surface area contributed by atoms with Crippen LogP contribution in [0.4, 0.5) is 5.82 Å². The summed E-state index contributed by atoms with van der Waals surface area (Å²) in [4.78, 5) is 50.2. The van der Waals surface area contributed by atoms with Gasteiger partial charge < -0.3 is 10.2 Å². The summed E-state index contributed by atoms with van der Waals surface area (Å²) in [6.45, 7) is 7.24. The van der Waals surface area contributed by atoms with Crippen LogP contribution in [0.2, 0.25) is 0 Å². The number of rotatable bonds is 6. The number of benzene rings is 1. The normalized spacial score (nSPS) is 18.8. The van der Waals surface area contributed by atoms with E-state index in [9.17, 15) is 14.4 Å². The van der Waals surface area contributed by atoms with Crippen molar-refractivity contribution in [1.82, 2.24) is 24.6 Å². The van der Waals surface area contributed by atoms with Crippen molar-refractivity contribution in [3.05, 3.63) is 70.1 Å². The maximum Gasteiger partial charge on any atom is 0.248 e. The number of fused-ring (bicyclic) bond motifs is 1. The van der Waals surface area contributed by atoms with Gasteiger partial charge in [-0.3, -0.25) is 24.0 Å². The molecular formula is C29H28BrIN6O3. The van der Waals surface area contributed by atoms with Crippen LogP contribution >= 0.6 is 38.5 Å². The fourth-order valence-electron chi connectivity index (χ4n) is 4.97. The average Bonchev–Trinajstić information content (AvgIpc) is 3.43. The summed E-state index contributed by atoms with van der Waals surface area (Å²) in [5.41, 5.74) is 4.49. The van der Waals surface area contributed by atoms with Crippen LogP contribution in [0.15, 0.2) is 53.3 Å². The van der Waals surface area contributed by atoms with Gasteiger partial charge in [0, 0.05) is 24.1 Å². The Morgan fingerprint density at radius 1 is 1.12 bits per heavy atom. The third-order valence-corrected chi connectivity index (χ3v) is 9.41. The summed E-state index contributed by atoms with van der Waals surface area (Å²) in [5.74, 6) is -0.145. The second-order valence-corrected chi connectivity index (χ2v) is 12.3. The van der Waals surface area contributed by atoms with Gasteiger partial charge in [0.05, 0.1) is 15.3 Å². The molecule has 1 N–H and O–H groups in total. The molecule has 0 radical (unpaired) electrons. The maximum absolute atomic E-state index is 13.8. The summed E-state index contributed by atoms with van der Waals surface area (Å²) < 4.78 is 1.99. The molecule has 40 heavy (non-hydrogen) atoms. The molecule has 4 heterocycles. The molecule has 0 saturated carbocycles. The van der Waals surface area contributed by atoms with Crippen LogP contribution in [-0.2, 0) is 16.1 Å². The van der Waals surface area contributed by atoms with Gasteiger partial charge in [-0.25, -0.2) is 4.98 Å². The minimum Gasteiger partial charge on any atom is -0.317 e. The van der Waals surface area contributed by atoms with Crippen LogP contribution in [0.25, 0.3) is 22.2 Å². The van der Waals surface area contributed by atoms with Crippen LogP contribution in [0.1, 0.15) is 41.9 Å². The lowest BCUT2D eigenvalue weighted by atomic mass is 10.1. The molecule has 0 bridgehead atoms. The molecule has 1 saturated heterocycles. The minimum absolute atomic E-state index is 0.101. The van der Waals surface area contributed by atoms with Crippen LogP contribution in [0, 0.1) is 19.8 Å². The van der Waals surface area contributed by atoms with E-state index in [0.717, 1.165) is 22.4 Å². The van der Waals surface area contributed by atoms with Crippen molar-refractivity contribution in [1.29, 1.82) is 0 Å². The Hall–Kier alpha value is -3.19. The molecule has 1 aromatic carbocycles. The lowest BCUT2D eigenvalue weighted by molar-refractivity contribution is -0.137. The number of hydrogen-bond acceptors (Lipinski definition) is 6. The molecule has 1 aliphatic rings. The zero-order chi connectivity index (χ0) is 28.7. The van der Waals surface area contributed by atoms with Crippen LogP contribution in [-0.4, -0.2) is 52.3 Å². The standard InChI is InChI=1S/C29H28BrIN6O3/c1-15-5-8-21(32-13-15)19-7-9-22-20(12-19)26(18(4)38)35-36(22)14-25(39)37-23(11-17(3)27(37)31)29(40)34-28-16(2)6-10-24(30)33-28/h5-10,12-13,17,23,27H,11,14H2,1-4H3,(H,33,34,40)/t17-,23-,27-/m0/s1. The zero-order valence-corrected chi connectivity index (χ0v) is 26.2. The van der Waals surface area contributed by atoms with E-state index >= 15 is 0 Å². The number of amides is 2. The smallest absolute Gasteiger partial charge is 0.248 e. The van der Waals surface area contributed by atoms with Crippen molar-refractivity contribution < 1.29 is 14.4 Å². The fraction of sp³-hybridized carbons (Fsp3) is 0.310. The van der Waals surface area contributed by atoms with Crippen molar-refractivity contribution in [2.45, 2.75) is 50.8 Å². The van der Waals surface area contributed by atoms with E-state index in [4.69, 9.17) is 0 Å². The molecule has 9 nitrogen and oxygen atoms in total. The van der Waals surface area contributed by atoms with E-state index < -0.39 is 6.04 Å². The summed E-state index contributed by atoms with van der Waals surface area (Å²) in [6.07, 6.45) is 2.33. The van der Waals surface area contributed by atoms with E-state index in [1.165, 1.54) is 6.92 Å². The molecule has 11 heteroatoms. The van der Waals surface area contributed by atoms with Gasteiger partial charge in [-0.15, -0.1) is 0 Å². The Kier molecular flexibility index (Phi) is 8.05. The molecule has 2 amide bonds. The Morgan fingerprint density at radius 3 is 2.60 bits per heavy atom. The van der Waals surface area contributed by atoms with Crippen molar-refractivity contribution in [3.8, 4) is 11.3 Å². The minimum atomic E-state index is -0.655. The Morgan fingerprint density at radius 2 is 1.90 bits per heavy atom. The lowest BCUT2D eigenvalue weighted by Gasteiger charge is -2.27. The summed E-state index contributed by atoms with van der Waals surface area (Å²) in [7, 11) is 0. The number of carbonyl (C=O) groups is 3. The highest BCUT2D eigenvalue weighted by atomic mass is 127. The van der Waals surface area contributed by atoms with E-state index in [1.54, 1.807) is 15.8 Å². The van der Waals surface area contributed by atoms with E-state index in [0.29, 0.717) is 33.4 Å². The topological polar surface area (TPSA) is 110 Å². The van der Waals surface area contributed by atoms with Gasteiger partial charge in [0.1, 0.15) is 28.7 Å². The Balaban J connectivity index is 1.44. The van der Waals surface area contributed by atoms with Crippen molar-refractivity contribution in [2.75, 3.05) is 5.32 Å². The zero-order valence-electron chi connectivity index (χ0n) is 22.5. The van der Waals surface area contributed by atoms with E-state index in [2.05, 4.69) is 58.9 Å². The third-order valence-electron chi connectivity index (χ3n) is 7.14. The molecule has 3 aromatic heterocycles. The van der Waals surface area contributed by atoms with E-state index in [1.807, 2.05) is 63.2 Å². The number of Topliss-reactive ketones (excluding diaryl/α,β-unsaturated/α-hetero) is 1. The largest absolute Gasteiger partial charge is 0.317 e. The predicted molar refractivity (Wildman–Crippen MR) is 165 cm³/mol. The highest BCUT2D eigenvalue weighted by molar-refractivity contribution is 14.1. The SMILES string of the molecule is CC(=O)c1nn(CC(=O)N2[C@H](I)[C@@H](C)C[C@H]2C(=O)Nc2nc(Br)ccc2C)c2ccc(-c3ccc(C)cn3)cc12. The average molecular weight is 715 g/mol. The first-order valence-corrected chi connectivity index (χ1v) is 14.9. The van der Waals surface area contributed by atoms with Crippen molar-refractivity contribution >= 4 is 72.8 Å².